The Balaban J connectivity index is 1.52. The summed E-state index contributed by atoms with van der Waals surface area (Å²) in [4.78, 5) is 5.71. The third-order valence-electron chi connectivity index (χ3n) is 3.72. The van der Waals surface area contributed by atoms with E-state index in [1.807, 2.05) is 24.4 Å². The van der Waals surface area contributed by atoms with E-state index in [9.17, 15) is 0 Å². The van der Waals surface area contributed by atoms with Crippen molar-refractivity contribution in [3.05, 3.63) is 69.8 Å². The van der Waals surface area contributed by atoms with Gasteiger partial charge in [-0.2, -0.15) is 0 Å². The van der Waals surface area contributed by atoms with Gasteiger partial charge >= 0.3 is 0 Å². The number of hydrogen-bond acceptors (Lipinski definition) is 4. The average Bonchev–Trinajstić information content (AvgIpc) is 3.08. The molecule has 24 heavy (non-hydrogen) atoms. The molecule has 5 heteroatoms. The minimum atomic E-state index is 0.788. The minimum absolute atomic E-state index is 0.788. The second-order valence-electron chi connectivity index (χ2n) is 5.36. The topological polar surface area (TPSA) is 34.1 Å². The average molecular weight is 403 g/mol. The molecule has 0 bridgehead atoms. The zero-order valence-corrected chi connectivity index (χ0v) is 15.9. The first-order valence-corrected chi connectivity index (χ1v) is 9.40. The maximum absolute atomic E-state index is 5.38. The second-order valence-corrected chi connectivity index (χ2v) is 7.39. The molecule has 0 fully saturated rings. The van der Waals surface area contributed by atoms with E-state index < -0.39 is 0 Å². The minimum Gasteiger partial charge on any atom is -0.496 e. The van der Waals surface area contributed by atoms with Gasteiger partial charge in [0.1, 0.15) is 10.8 Å². The van der Waals surface area contributed by atoms with Gasteiger partial charge in [-0.3, -0.25) is 0 Å². The molecular weight excluding hydrogens is 384 g/mol. The van der Waals surface area contributed by atoms with E-state index in [1.165, 1.54) is 16.0 Å². The van der Waals surface area contributed by atoms with Crippen molar-refractivity contribution in [3.8, 4) is 16.2 Å². The smallest absolute Gasteiger partial charge is 0.122 e. The van der Waals surface area contributed by atoms with Crippen LogP contribution in [0, 0.1) is 0 Å². The molecule has 0 amide bonds. The van der Waals surface area contributed by atoms with Crippen LogP contribution in [-0.4, -0.2) is 18.6 Å². The summed E-state index contributed by atoms with van der Waals surface area (Å²) in [6.07, 6.45) is 2.89. The molecule has 124 valence electrons. The molecule has 3 nitrogen and oxygen atoms in total. The predicted molar refractivity (Wildman–Crippen MR) is 104 cm³/mol. The summed E-state index contributed by atoms with van der Waals surface area (Å²) in [6.45, 7) is 1.68. The molecular formula is C19H19BrN2OS. The fraction of sp³-hybridized carbons (Fsp3) is 0.211. The van der Waals surface area contributed by atoms with E-state index in [0.717, 1.165) is 34.7 Å². The Bertz CT molecular complexity index is 786. The molecule has 0 aliphatic rings. The van der Waals surface area contributed by atoms with Crippen molar-refractivity contribution in [1.82, 2.24) is 10.3 Å². The van der Waals surface area contributed by atoms with Crippen LogP contribution in [0.1, 0.15) is 10.6 Å². The van der Waals surface area contributed by atoms with Crippen LogP contribution in [-0.2, 0) is 13.0 Å². The number of hydrogen-bond donors (Lipinski definition) is 1. The molecule has 1 N–H and O–H groups in total. The fourth-order valence-electron chi connectivity index (χ4n) is 2.47. The standard InChI is InChI=1S/C19H19BrN2OS/c1-23-17-5-3-2-4-14(17)10-11-21-13-19-22-12-18(24-19)15-6-8-16(20)9-7-15/h2-9,12,21H,10-11,13H2,1H3. The lowest BCUT2D eigenvalue weighted by atomic mass is 10.1. The van der Waals surface area contributed by atoms with E-state index >= 15 is 0 Å². The van der Waals surface area contributed by atoms with Crippen LogP contribution in [0.4, 0.5) is 0 Å². The number of nitrogens with one attached hydrogen (secondary N) is 1. The molecule has 0 spiro atoms. The number of halogens is 1. The van der Waals surface area contributed by atoms with Gasteiger partial charge in [-0.25, -0.2) is 4.98 Å². The van der Waals surface area contributed by atoms with Gasteiger partial charge < -0.3 is 10.1 Å². The van der Waals surface area contributed by atoms with Crippen LogP contribution < -0.4 is 10.1 Å². The Labute approximate surface area is 154 Å². The van der Waals surface area contributed by atoms with E-state index in [2.05, 4.69) is 56.6 Å². The number of para-hydroxylation sites is 1. The zero-order valence-electron chi connectivity index (χ0n) is 13.5. The molecule has 2 aromatic carbocycles. The zero-order chi connectivity index (χ0) is 16.8. The predicted octanol–water partition coefficient (Wildman–Crippen LogP) is 4.91. The third-order valence-corrected chi connectivity index (χ3v) is 5.30. The van der Waals surface area contributed by atoms with Crippen molar-refractivity contribution in [1.29, 1.82) is 0 Å². The highest BCUT2D eigenvalue weighted by molar-refractivity contribution is 9.10. The Kier molecular flexibility index (Phi) is 6.01. The van der Waals surface area contributed by atoms with Gasteiger partial charge in [0.15, 0.2) is 0 Å². The monoisotopic (exact) mass is 402 g/mol. The number of thiazole rings is 1. The maximum atomic E-state index is 5.38. The van der Waals surface area contributed by atoms with Crippen LogP contribution in [0.15, 0.2) is 59.2 Å². The summed E-state index contributed by atoms with van der Waals surface area (Å²) < 4.78 is 6.47. The SMILES string of the molecule is COc1ccccc1CCNCc1ncc(-c2ccc(Br)cc2)s1. The number of ether oxygens (including phenoxy) is 1. The first-order valence-electron chi connectivity index (χ1n) is 7.79. The van der Waals surface area contributed by atoms with Crippen molar-refractivity contribution in [3.63, 3.8) is 0 Å². The largest absolute Gasteiger partial charge is 0.496 e. The third kappa shape index (κ3) is 4.44. The Morgan fingerprint density at radius 1 is 1.12 bits per heavy atom. The summed E-state index contributed by atoms with van der Waals surface area (Å²) in [5.74, 6) is 0.950. The highest BCUT2D eigenvalue weighted by Gasteiger charge is 2.05. The van der Waals surface area contributed by atoms with Crippen LogP contribution in [0.2, 0.25) is 0 Å². The highest BCUT2D eigenvalue weighted by Crippen LogP contribution is 2.27. The Morgan fingerprint density at radius 2 is 1.92 bits per heavy atom. The lowest BCUT2D eigenvalue weighted by molar-refractivity contribution is 0.409. The maximum Gasteiger partial charge on any atom is 0.122 e. The number of aromatic nitrogens is 1. The van der Waals surface area contributed by atoms with Crippen molar-refractivity contribution in [2.45, 2.75) is 13.0 Å². The number of nitrogens with zero attached hydrogens (tertiary/aromatic N) is 1. The molecule has 0 radical (unpaired) electrons. The van der Waals surface area contributed by atoms with Crippen LogP contribution >= 0.6 is 27.3 Å². The molecule has 0 aliphatic carbocycles. The van der Waals surface area contributed by atoms with Crippen molar-refractivity contribution < 1.29 is 4.74 Å². The lowest BCUT2D eigenvalue weighted by Gasteiger charge is -2.08. The second kappa shape index (κ2) is 8.42. The van der Waals surface area contributed by atoms with Crippen molar-refractivity contribution in [2.24, 2.45) is 0 Å². The molecule has 1 aromatic heterocycles. The summed E-state index contributed by atoms with van der Waals surface area (Å²) in [5.41, 5.74) is 2.43. The quantitative estimate of drug-likeness (QED) is 0.569. The van der Waals surface area contributed by atoms with Crippen LogP contribution in [0.25, 0.3) is 10.4 Å². The Hall–Kier alpha value is -1.69. The highest BCUT2D eigenvalue weighted by atomic mass is 79.9. The summed E-state index contributed by atoms with van der Waals surface area (Å²) >= 11 is 5.20. The van der Waals surface area contributed by atoms with E-state index in [0.29, 0.717) is 0 Å². The van der Waals surface area contributed by atoms with E-state index in [-0.39, 0.29) is 0 Å². The van der Waals surface area contributed by atoms with Crippen molar-refractivity contribution >= 4 is 27.3 Å². The van der Waals surface area contributed by atoms with Gasteiger partial charge in [-0.15, -0.1) is 11.3 Å². The van der Waals surface area contributed by atoms with Gasteiger partial charge in [0.25, 0.3) is 0 Å². The summed E-state index contributed by atoms with van der Waals surface area (Å²) in [5, 5.41) is 4.56. The molecule has 0 saturated carbocycles. The summed E-state index contributed by atoms with van der Waals surface area (Å²) in [6, 6.07) is 16.5. The first kappa shape index (κ1) is 17.1. The summed E-state index contributed by atoms with van der Waals surface area (Å²) in [7, 11) is 1.71. The van der Waals surface area contributed by atoms with E-state index in [4.69, 9.17) is 4.74 Å². The lowest BCUT2D eigenvalue weighted by Crippen LogP contribution is -2.16. The van der Waals surface area contributed by atoms with Gasteiger partial charge in [-0.05, 0) is 42.3 Å². The van der Waals surface area contributed by atoms with Crippen LogP contribution in [0.5, 0.6) is 5.75 Å². The molecule has 0 unspecified atom stereocenters. The molecule has 0 aliphatic heterocycles. The number of benzene rings is 2. The molecule has 3 aromatic rings. The van der Waals surface area contributed by atoms with E-state index in [1.54, 1.807) is 18.4 Å². The van der Waals surface area contributed by atoms with Crippen molar-refractivity contribution in [2.75, 3.05) is 13.7 Å². The fourth-order valence-corrected chi connectivity index (χ4v) is 3.62. The number of rotatable bonds is 7. The van der Waals surface area contributed by atoms with Crippen LogP contribution in [0.3, 0.4) is 0 Å². The molecule has 0 saturated heterocycles. The normalized spacial score (nSPS) is 10.8. The molecule has 1 heterocycles. The van der Waals surface area contributed by atoms with Gasteiger partial charge in [0, 0.05) is 17.2 Å². The van der Waals surface area contributed by atoms with Gasteiger partial charge in [0.2, 0.25) is 0 Å². The molecule has 0 atom stereocenters. The Morgan fingerprint density at radius 3 is 2.71 bits per heavy atom. The molecule has 3 rings (SSSR count). The van der Waals surface area contributed by atoms with Gasteiger partial charge in [0.05, 0.1) is 12.0 Å². The van der Waals surface area contributed by atoms with Gasteiger partial charge in [-0.1, -0.05) is 46.3 Å². The number of methoxy groups -OCH3 is 1. The first-order chi connectivity index (χ1) is 11.8.